The molecule has 0 aliphatic carbocycles. The number of carboxylic acid groups (broad SMARTS) is 1. The van der Waals surface area contributed by atoms with Crippen LogP contribution in [0.1, 0.15) is 16.1 Å². The van der Waals surface area contributed by atoms with Crippen molar-refractivity contribution in [2.75, 3.05) is 36.0 Å². The third-order valence-corrected chi connectivity index (χ3v) is 4.53. The Labute approximate surface area is 127 Å². The van der Waals surface area contributed by atoms with Gasteiger partial charge in [0.15, 0.2) is 10.8 Å². The number of aryl methyl sites for hydroxylation is 1. The molecule has 2 aromatic rings. The number of piperazine rings is 1. The van der Waals surface area contributed by atoms with Crippen molar-refractivity contribution in [3.63, 3.8) is 0 Å². The molecule has 5 nitrogen and oxygen atoms in total. The van der Waals surface area contributed by atoms with Crippen molar-refractivity contribution in [3.8, 4) is 0 Å². The lowest BCUT2D eigenvalue weighted by Gasteiger charge is -2.36. The van der Waals surface area contributed by atoms with Gasteiger partial charge in [0.05, 0.1) is 0 Å². The first-order chi connectivity index (χ1) is 10.1. The van der Waals surface area contributed by atoms with E-state index in [4.69, 9.17) is 5.11 Å². The second-order valence-corrected chi connectivity index (χ2v) is 5.97. The summed E-state index contributed by atoms with van der Waals surface area (Å²) in [6.07, 6.45) is 0. The highest BCUT2D eigenvalue weighted by Crippen LogP contribution is 2.24. The number of carboxylic acids is 1. The Morgan fingerprint density at radius 3 is 2.57 bits per heavy atom. The molecule has 1 aliphatic heterocycles. The number of aromatic carboxylic acids is 1. The number of nitrogens with zero attached hydrogens (tertiary/aromatic N) is 3. The van der Waals surface area contributed by atoms with E-state index in [1.54, 1.807) is 5.38 Å². The van der Waals surface area contributed by atoms with E-state index in [2.05, 4.69) is 46.0 Å². The number of aromatic nitrogens is 1. The van der Waals surface area contributed by atoms with Crippen molar-refractivity contribution < 1.29 is 9.90 Å². The normalized spacial score (nSPS) is 15.3. The lowest BCUT2D eigenvalue weighted by Crippen LogP contribution is -2.46. The molecule has 0 spiro atoms. The van der Waals surface area contributed by atoms with Crippen LogP contribution in [0.15, 0.2) is 29.6 Å². The van der Waals surface area contributed by atoms with E-state index in [1.807, 2.05) is 0 Å². The molecule has 0 saturated carbocycles. The molecule has 0 atom stereocenters. The van der Waals surface area contributed by atoms with Crippen LogP contribution in [0.25, 0.3) is 0 Å². The SMILES string of the molecule is Cc1cccc(N2CCN(c3nc(C(=O)O)cs3)CC2)c1. The van der Waals surface area contributed by atoms with Crippen molar-refractivity contribution in [1.82, 2.24) is 4.98 Å². The Balaban J connectivity index is 1.66. The third kappa shape index (κ3) is 3.00. The molecule has 6 heteroatoms. The minimum atomic E-state index is -0.962. The molecule has 1 fully saturated rings. The quantitative estimate of drug-likeness (QED) is 0.944. The molecule has 2 heterocycles. The van der Waals surface area contributed by atoms with E-state index in [9.17, 15) is 4.79 Å². The Bertz CT molecular complexity index is 648. The van der Waals surface area contributed by atoms with E-state index in [-0.39, 0.29) is 5.69 Å². The molecule has 1 aliphatic rings. The average Bonchev–Trinajstić information content (AvgIpc) is 2.97. The third-order valence-electron chi connectivity index (χ3n) is 3.63. The summed E-state index contributed by atoms with van der Waals surface area (Å²) in [4.78, 5) is 19.6. The molecule has 1 aromatic carbocycles. The maximum Gasteiger partial charge on any atom is 0.355 e. The van der Waals surface area contributed by atoms with Gasteiger partial charge in [-0.3, -0.25) is 0 Å². The Hall–Kier alpha value is -2.08. The Morgan fingerprint density at radius 1 is 1.24 bits per heavy atom. The van der Waals surface area contributed by atoms with Crippen molar-refractivity contribution in [3.05, 3.63) is 40.9 Å². The summed E-state index contributed by atoms with van der Waals surface area (Å²) in [6, 6.07) is 8.51. The topological polar surface area (TPSA) is 56.7 Å². The lowest BCUT2D eigenvalue weighted by atomic mass is 10.2. The molecular formula is C15H17N3O2S. The van der Waals surface area contributed by atoms with Crippen LogP contribution in [0.3, 0.4) is 0 Å². The molecule has 0 amide bonds. The van der Waals surface area contributed by atoms with Crippen molar-refractivity contribution in [2.45, 2.75) is 6.92 Å². The van der Waals surface area contributed by atoms with E-state index < -0.39 is 5.97 Å². The van der Waals surface area contributed by atoms with Gasteiger partial charge in [-0.25, -0.2) is 9.78 Å². The van der Waals surface area contributed by atoms with Crippen LogP contribution >= 0.6 is 11.3 Å². The van der Waals surface area contributed by atoms with E-state index >= 15 is 0 Å². The largest absolute Gasteiger partial charge is 0.476 e. The fourth-order valence-corrected chi connectivity index (χ4v) is 3.34. The maximum atomic E-state index is 10.9. The summed E-state index contributed by atoms with van der Waals surface area (Å²) in [7, 11) is 0. The number of thiazole rings is 1. The minimum Gasteiger partial charge on any atom is -0.476 e. The van der Waals surface area contributed by atoms with Crippen LogP contribution in [0.4, 0.5) is 10.8 Å². The van der Waals surface area contributed by atoms with Gasteiger partial charge in [-0.1, -0.05) is 12.1 Å². The first-order valence-corrected chi connectivity index (χ1v) is 7.77. The highest BCUT2D eigenvalue weighted by molar-refractivity contribution is 7.13. The van der Waals surface area contributed by atoms with E-state index in [0.717, 1.165) is 31.3 Å². The minimum absolute atomic E-state index is 0.135. The second-order valence-electron chi connectivity index (χ2n) is 5.13. The summed E-state index contributed by atoms with van der Waals surface area (Å²) in [5.74, 6) is -0.962. The molecule has 110 valence electrons. The number of rotatable bonds is 3. The number of carbonyl (C=O) groups is 1. The molecule has 0 radical (unpaired) electrons. The lowest BCUT2D eigenvalue weighted by molar-refractivity contribution is 0.0691. The van der Waals surface area contributed by atoms with Gasteiger partial charge in [-0.15, -0.1) is 11.3 Å². The summed E-state index contributed by atoms with van der Waals surface area (Å²) in [5.41, 5.74) is 2.65. The van der Waals surface area contributed by atoms with Crippen LogP contribution in [0.2, 0.25) is 0 Å². The van der Waals surface area contributed by atoms with Gasteiger partial charge in [-0.05, 0) is 24.6 Å². The molecule has 0 unspecified atom stereocenters. The van der Waals surface area contributed by atoms with Crippen LogP contribution in [-0.4, -0.2) is 42.2 Å². The van der Waals surface area contributed by atoms with Gasteiger partial charge in [0.1, 0.15) is 0 Å². The van der Waals surface area contributed by atoms with Crippen molar-refractivity contribution >= 4 is 28.1 Å². The van der Waals surface area contributed by atoms with Gasteiger partial charge >= 0.3 is 5.97 Å². The molecule has 0 bridgehead atoms. The molecule has 1 aromatic heterocycles. The summed E-state index contributed by atoms with van der Waals surface area (Å²) < 4.78 is 0. The Morgan fingerprint density at radius 2 is 1.95 bits per heavy atom. The zero-order valence-electron chi connectivity index (χ0n) is 11.8. The first kappa shape index (κ1) is 13.9. The zero-order chi connectivity index (χ0) is 14.8. The van der Waals surface area contributed by atoms with Crippen LogP contribution < -0.4 is 9.80 Å². The predicted molar refractivity (Wildman–Crippen MR) is 84.7 cm³/mol. The monoisotopic (exact) mass is 303 g/mol. The zero-order valence-corrected chi connectivity index (χ0v) is 12.6. The van der Waals surface area contributed by atoms with Gasteiger partial charge in [-0.2, -0.15) is 0 Å². The molecular weight excluding hydrogens is 286 g/mol. The number of anilines is 2. The molecule has 21 heavy (non-hydrogen) atoms. The fourth-order valence-electron chi connectivity index (χ4n) is 2.49. The number of benzene rings is 1. The highest BCUT2D eigenvalue weighted by atomic mass is 32.1. The summed E-state index contributed by atoms with van der Waals surface area (Å²) >= 11 is 1.40. The number of hydrogen-bond acceptors (Lipinski definition) is 5. The predicted octanol–water partition coefficient (Wildman–Crippen LogP) is 2.48. The molecule has 1 saturated heterocycles. The summed E-state index contributed by atoms with van der Waals surface area (Å²) in [5, 5.41) is 11.3. The van der Waals surface area contributed by atoms with Crippen molar-refractivity contribution in [1.29, 1.82) is 0 Å². The van der Waals surface area contributed by atoms with Gasteiger partial charge in [0.25, 0.3) is 0 Å². The second kappa shape index (κ2) is 5.73. The van der Waals surface area contributed by atoms with Crippen molar-refractivity contribution in [2.24, 2.45) is 0 Å². The molecule has 3 rings (SSSR count). The van der Waals surface area contributed by atoms with Crippen LogP contribution in [0, 0.1) is 6.92 Å². The van der Waals surface area contributed by atoms with Gasteiger partial charge in [0.2, 0.25) is 0 Å². The fraction of sp³-hybridized carbons (Fsp3) is 0.333. The van der Waals surface area contributed by atoms with Crippen LogP contribution in [0.5, 0.6) is 0 Å². The van der Waals surface area contributed by atoms with E-state index in [0.29, 0.717) is 0 Å². The highest BCUT2D eigenvalue weighted by Gasteiger charge is 2.20. The number of hydrogen-bond donors (Lipinski definition) is 1. The summed E-state index contributed by atoms with van der Waals surface area (Å²) in [6.45, 7) is 5.67. The smallest absolute Gasteiger partial charge is 0.355 e. The van der Waals surface area contributed by atoms with Gasteiger partial charge < -0.3 is 14.9 Å². The standard InChI is InChI=1S/C15H17N3O2S/c1-11-3-2-4-12(9-11)17-5-7-18(8-6-17)15-16-13(10-21-15)14(19)20/h2-4,9-10H,5-8H2,1H3,(H,19,20). The maximum absolute atomic E-state index is 10.9. The average molecular weight is 303 g/mol. The van der Waals surface area contributed by atoms with Crippen LogP contribution in [-0.2, 0) is 0 Å². The van der Waals surface area contributed by atoms with Gasteiger partial charge in [0, 0.05) is 37.2 Å². The van der Waals surface area contributed by atoms with E-state index in [1.165, 1.54) is 22.6 Å². The first-order valence-electron chi connectivity index (χ1n) is 6.89. The molecule has 1 N–H and O–H groups in total. The Kier molecular flexibility index (Phi) is 3.79.